The third kappa shape index (κ3) is 4.61. The Kier molecular flexibility index (Phi) is 6.25. The van der Waals surface area contributed by atoms with Crippen LogP contribution in [0.1, 0.15) is 72.2 Å². The molecule has 0 spiro atoms. The zero-order chi connectivity index (χ0) is 18.5. The fourth-order valence-corrected chi connectivity index (χ4v) is 4.17. The van der Waals surface area contributed by atoms with Gasteiger partial charge in [-0.3, -0.25) is 4.79 Å². The maximum Gasteiger partial charge on any atom is 0.268 e. The van der Waals surface area contributed by atoms with Crippen molar-refractivity contribution >= 4 is 23.1 Å². The molecule has 0 atom stereocenters. The Morgan fingerprint density at radius 2 is 2.12 bits per heavy atom. The summed E-state index contributed by atoms with van der Waals surface area (Å²) in [5.41, 5.74) is 0.761. The van der Waals surface area contributed by atoms with E-state index < -0.39 is 0 Å². The van der Waals surface area contributed by atoms with Crippen molar-refractivity contribution in [1.29, 1.82) is 0 Å². The molecule has 1 saturated carbocycles. The maximum atomic E-state index is 12.7. The first kappa shape index (κ1) is 18.8. The first-order chi connectivity index (χ1) is 12.5. The molecule has 1 N–H and O–H groups in total. The van der Waals surface area contributed by atoms with Gasteiger partial charge in [0.05, 0.1) is 17.3 Å². The van der Waals surface area contributed by atoms with Gasteiger partial charge in [-0.25, -0.2) is 9.97 Å². The first-order valence-electron chi connectivity index (χ1n) is 9.41. The first-order valence-corrected chi connectivity index (χ1v) is 10.2. The summed E-state index contributed by atoms with van der Waals surface area (Å²) in [7, 11) is 0. The third-order valence-electron chi connectivity index (χ3n) is 4.72. The van der Waals surface area contributed by atoms with E-state index in [1.54, 1.807) is 6.20 Å². The van der Waals surface area contributed by atoms with Gasteiger partial charge in [-0.2, -0.15) is 0 Å². The van der Waals surface area contributed by atoms with Crippen molar-refractivity contribution in [3.05, 3.63) is 33.9 Å². The van der Waals surface area contributed by atoms with Crippen LogP contribution in [0.5, 0.6) is 5.75 Å². The van der Waals surface area contributed by atoms with E-state index >= 15 is 0 Å². The molecule has 2 aromatic rings. The van der Waals surface area contributed by atoms with Crippen LogP contribution in [-0.2, 0) is 0 Å². The Bertz CT molecular complexity index is 751. The Labute approximate surface area is 159 Å². The number of pyridine rings is 1. The van der Waals surface area contributed by atoms with Gasteiger partial charge < -0.3 is 10.1 Å². The number of carbonyl (C=O) groups excluding carboxylic acids is 1. The van der Waals surface area contributed by atoms with Crippen molar-refractivity contribution < 1.29 is 9.53 Å². The van der Waals surface area contributed by atoms with E-state index in [4.69, 9.17) is 4.74 Å². The number of nitrogens with one attached hydrogen (secondary N) is 1. The zero-order valence-electron chi connectivity index (χ0n) is 15.7. The lowest BCUT2D eigenvalue weighted by Gasteiger charge is -2.22. The molecule has 2 aromatic heterocycles. The molecule has 1 amide bonds. The van der Waals surface area contributed by atoms with Gasteiger partial charge >= 0.3 is 0 Å². The second-order valence-electron chi connectivity index (χ2n) is 7.24. The van der Waals surface area contributed by atoms with Crippen LogP contribution in [-0.4, -0.2) is 22.5 Å². The molecule has 0 bridgehead atoms. The lowest BCUT2D eigenvalue weighted by atomic mass is 9.90. The summed E-state index contributed by atoms with van der Waals surface area (Å²) in [4.78, 5) is 22.1. The van der Waals surface area contributed by atoms with E-state index in [-0.39, 0.29) is 5.91 Å². The lowest BCUT2D eigenvalue weighted by molar-refractivity contribution is 0.102. The van der Waals surface area contributed by atoms with Gasteiger partial charge in [0.25, 0.3) is 5.91 Å². The summed E-state index contributed by atoms with van der Waals surface area (Å²) in [6, 6.07) is 3.70. The molecule has 0 radical (unpaired) electrons. The number of thiazole rings is 1. The fourth-order valence-electron chi connectivity index (χ4n) is 3.20. The molecular formula is C20H27N3O2S. The minimum Gasteiger partial charge on any atom is -0.489 e. The Balaban J connectivity index is 1.68. The third-order valence-corrected chi connectivity index (χ3v) is 6.17. The van der Waals surface area contributed by atoms with E-state index in [1.807, 2.05) is 19.1 Å². The highest BCUT2D eigenvalue weighted by Crippen LogP contribution is 2.29. The number of amides is 1. The lowest BCUT2D eigenvalue weighted by Crippen LogP contribution is -2.17. The number of aromatic nitrogens is 2. The molecule has 0 saturated heterocycles. The van der Waals surface area contributed by atoms with Gasteiger partial charge in [-0.15, -0.1) is 11.3 Å². The van der Waals surface area contributed by atoms with Crippen molar-refractivity contribution in [3.8, 4) is 5.75 Å². The Hall–Kier alpha value is -1.95. The fraction of sp³-hybridized carbons (Fsp3) is 0.550. The molecule has 1 fully saturated rings. The second-order valence-corrected chi connectivity index (χ2v) is 8.27. The molecule has 0 aromatic carbocycles. The standard InChI is InChI=1S/C20H27N3O2S/c1-13(2)20-22-14(3)17(26-20)19(24)23-18-16(10-7-11-21-18)25-12-15-8-5-4-6-9-15/h7,10-11,13,15H,4-6,8-9,12H2,1-3H3,(H,21,23,24). The molecular weight excluding hydrogens is 346 g/mol. The second kappa shape index (κ2) is 8.62. The minimum atomic E-state index is -0.173. The van der Waals surface area contributed by atoms with Crippen LogP contribution >= 0.6 is 11.3 Å². The highest BCUT2D eigenvalue weighted by Gasteiger charge is 2.20. The summed E-state index contributed by atoms with van der Waals surface area (Å²) in [5, 5.41) is 3.88. The minimum absolute atomic E-state index is 0.173. The van der Waals surface area contributed by atoms with Gasteiger partial charge in [0.15, 0.2) is 11.6 Å². The van der Waals surface area contributed by atoms with Gasteiger partial charge in [0.2, 0.25) is 0 Å². The number of anilines is 1. The predicted molar refractivity (Wildman–Crippen MR) is 105 cm³/mol. The SMILES string of the molecule is Cc1nc(C(C)C)sc1C(=O)Nc1ncccc1OCC1CCCCC1. The number of rotatable bonds is 6. The predicted octanol–water partition coefficient (Wildman–Crippen LogP) is 5.18. The van der Waals surface area contributed by atoms with Gasteiger partial charge in [0.1, 0.15) is 4.88 Å². The van der Waals surface area contributed by atoms with Crippen molar-refractivity contribution in [1.82, 2.24) is 9.97 Å². The molecule has 3 rings (SSSR count). The van der Waals surface area contributed by atoms with Crippen molar-refractivity contribution in [3.63, 3.8) is 0 Å². The topological polar surface area (TPSA) is 64.1 Å². The van der Waals surface area contributed by atoms with Crippen LogP contribution in [0.3, 0.4) is 0 Å². The average Bonchev–Trinajstić information content (AvgIpc) is 3.04. The Morgan fingerprint density at radius 1 is 1.35 bits per heavy atom. The molecule has 140 valence electrons. The summed E-state index contributed by atoms with van der Waals surface area (Å²) in [6.07, 6.45) is 8.01. The number of nitrogens with zero attached hydrogens (tertiary/aromatic N) is 2. The van der Waals surface area contributed by atoms with Crippen LogP contribution in [0.4, 0.5) is 5.82 Å². The monoisotopic (exact) mass is 373 g/mol. The smallest absolute Gasteiger partial charge is 0.268 e. The van der Waals surface area contributed by atoms with E-state index in [0.29, 0.717) is 34.9 Å². The van der Waals surface area contributed by atoms with Crippen LogP contribution in [0.15, 0.2) is 18.3 Å². The average molecular weight is 374 g/mol. The number of hydrogen-bond acceptors (Lipinski definition) is 5. The van der Waals surface area contributed by atoms with Gasteiger partial charge in [0, 0.05) is 12.1 Å². The van der Waals surface area contributed by atoms with E-state index in [2.05, 4.69) is 29.1 Å². The quantitative estimate of drug-likeness (QED) is 0.757. The van der Waals surface area contributed by atoms with E-state index in [1.165, 1.54) is 43.4 Å². The summed E-state index contributed by atoms with van der Waals surface area (Å²) < 4.78 is 6.00. The summed E-state index contributed by atoms with van der Waals surface area (Å²) in [6.45, 7) is 6.72. The van der Waals surface area contributed by atoms with Crippen LogP contribution in [0.25, 0.3) is 0 Å². The summed E-state index contributed by atoms with van der Waals surface area (Å²) in [5.74, 6) is 1.85. The highest BCUT2D eigenvalue weighted by molar-refractivity contribution is 7.14. The van der Waals surface area contributed by atoms with Crippen LogP contribution in [0.2, 0.25) is 0 Å². The van der Waals surface area contributed by atoms with Crippen LogP contribution < -0.4 is 10.1 Å². The van der Waals surface area contributed by atoms with Crippen molar-refractivity contribution in [2.45, 2.75) is 58.8 Å². The summed E-state index contributed by atoms with van der Waals surface area (Å²) >= 11 is 1.45. The normalized spacial score (nSPS) is 15.2. The maximum absolute atomic E-state index is 12.7. The molecule has 2 heterocycles. The molecule has 5 nitrogen and oxygen atoms in total. The molecule has 1 aliphatic carbocycles. The number of carbonyl (C=O) groups is 1. The highest BCUT2D eigenvalue weighted by atomic mass is 32.1. The molecule has 26 heavy (non-hydrogen) atoms. The van der Waals surface area contributed by atoms with Crippen molar-refractivity contribution in [2.24, 2.45) is 5.92 Å². The molecule has 0 aliphatic heterocycles. The number of aryl methyl sites for hydroxylation is 1. The number of ether oxygens (including phenoxy) is 1. The zero-order valence-corrected chi connectivity index (χ0v) is 16.6. The number of hydrogen-bond donors (Lipinski definition) is 1. The van der Waals surface area contributed by atoms with Crippen molar-refractivity contribution in [2.75, 3.05) is 11.9 Å². The molecule has 1 aliphatic rings. The molecule has 0 unspecified atom stereocenters. The van der Waals surface area contributed by atoms with E-state index in [0.717, 1.165) is 10.7 Å². The van der Waals surface area contributed by atoms with Crippen LogP contribution in [0, 0.1) is 12.8 Å². The van der Waals surface area contributed by atoms with Gasteiger partial charge in [-0.05, 0) is 37.8 Å². The molecule has 6 heteroatoms. The Morgan fingerprint density at radius 3 is 2.81 bits per heavy atom. The largest absolute Gasteiger partial charge is 0.489 e. The van der Waals surface area contributed by atoms with E-state index in [9.17, 15) is 4.79 Å². The van der Waals surface area contributed by atoms with Gasteiger partial charge in [-0.1, -0.05) is 33.1 Å².